The molecule has 0 amide bonds. The van der Waals surface area contributed by atoms with E-state index in [0.717, 1.165) is 22.9 Å². The van der Waals surface area contributed by atoms with Gasteiger partial charge in [0.05, 0.1) is 20.8 Å². The molecule has 0 radical (unpaired) electrons. The maximum atomic E-state index is 5.41. The fourth-order valence-corrected chi connectivity index (χ4v) is 2.10. The number of hydrogen-bond donors (Lipinski definition) is 1. The molecular formula is C15H21N3O2. The third-order valence-electron chi connectivity index (χ3n) is 3.39. The van der Waals surface area contributed by atoms with Crippen LogP contribution < -0.4 is 14.8 Å². The van der Waals surface area contributed by atoms with Gasteiger partial charge in [0.2, 0.25) is 0 Å². The van der Waals surface area contributed by atoms with Gasteiger partial charge in [-0.25, -0.2) is 4.98 Å². The molecular weight excluding hydrogens is 254 g/mol. The van der Waals surface area contributed by atoms with Crippen molar-refractivity contribution in [1.82, 2.24) is 14.9 Å². The average molecular weight is 275 g/mol. The van der Waals surface area contributed by atoms with Crippen LogP contribution in [0.2, 0.25) is 0 Å². The summed E-state index contributed by atoms with van der Waals surface area (Å²) in [4.78, 5) is 4.30. The molecule has 2 rings (SSSR count). The van der Waals surface area contributed by atoms with Gasteiger partial charge in [-0.05, 0) is 25.1 Å². The summed E-state index contributed by atoms with van der Waals surface area (Å²) in [6.45, 7) is 2.80. The number of benzene rings is 1. The molecule has 0 aliphatic carbocycles. The SMILES string of the molecule is COc1ccc(OC)c(C(C)NCc2nccn2C)c1. The Morgan fingerprint density at radius 3 is 2.70 bits per heavy atom. The number of methoxy groups -OCH3 is 2. The summed E-state index contributed by atoms with van der Waals surface area (Å²) >= 11 is 0. The Balaban J connectivity index is 2.11. The number of nitrogens with one attached hydrogen (secondary N) is 1. The van der Waals surface area contributed by atoms with Crippen molar-refractivity contribution in [1.29, 1.82) is 0 Å². The highest BCUT2D eigenvalue weighted by atomic mass is 16.5. The standard InChI is InChI=1S/C15H21N3O2/c1-11(17-10-15-16-7-8-18(15)2)13-9-12(19-3)5-6-14(13)20-4/h5-9,11,17H,10H2,1-4H3. The third-order valence-corrected chi connectivity index (χ3v) is 3.39. The monoisotopic (exact) mass is 275 g/mol. The molecule has 1 aromatic carbocycles. The van der Waals surface area contributed by atoms with Crippen molar-refractivity contribution in [3.8, 4) is 11.5 Å². The zero-order valence-corrected chi connectivity index (χ0v) is 12.4. The lowest BCUT2D eigenvalue weighted by molar-refractivity contribution is 0.391. The van der Waals surface area contributed by atoms with E-state index in [1.807, 2.05) is 36.0 Å². The highest BCUT2D eigenvalue weighted by Crippen LogP contribution is 2.29. The van der Waals surface area contributed by atoms with Gasteiger partial charge in [0.1, 0.15) is 17.3 Å². The highest BCUT2D eigenvalue weighted by Gasteiger charge is 2.13. The van der Waals surface area contributed by atoms with E-state index in [9.17, 15) is 0 Å². The van der Waals surface area contributed by atoms with Crippen molar-refractivity contribution in [3.05, 3.63) is 42.0 Å². The van der Waals surface area contributed by atoms with Crippen LogP contribution in [0.25, 0.3) is 0 Å². The van der Waals surface area contributed by atoms with E-state index < -0.39 is 0 Å². The minimum Gasteiger partial charge on any atom is -0.497 e. The number of hydrogen-bond acceptors (Lipinski definition) is 4. The minimum absolute atomic E-state index is 0.136. The molecule has 0 saturated carbocycles. The van der Waals surface area contributed by atoms with E-state index >= 15 is 0 Å². The summed E-state index contributed by atoms with van der Waals surface area (Å²) in [6, 6.07) is 5.95. The molecule has 1 N–H and O–H groups in total. The van der Waals surface area contributed by atoms with Crippen molar-refractivity contribution >= 4 is 0 Å². The number of nitrogens with zero attached hydrogens (tertiary/aromatic N) is 2. The van der Waals surface area contributed by atoms with Gasteiger partial charge in [0, 0.05) is 31.0 Å². The predicted octanol–water partition coefficient (Wildman–Crippen LogP) is 2.29. The van der Waals surface area contributed by atoms with Crippen molar-refractivity contribution in [2.45, 2.75) is 19.5 Å². The first-order valence-corrected chi connectivity index (χ1v) is 6.57. The molecule has 20 heavy (non-hydrogen) atoms. The van der Waals surface area contributed by atoms with E-state index in [-0.39, 0.29) is 6.04 Å². The van der Waals surface area contributed by atoms with Crippen molar-refractivity contribution in [2.24, 2.45) is 7.05 Å². The molecule has 108 valence electrons. The molecule has 0 bridgehead atoms. The second-order valence-corrected chi connectivity index (χ2v) is 4.66. The van der Waals surface area contributed by atoms with Crippen LogP contribution in [0, 0.1) is 0 Å². The number of rotatable bonds is 6. The van der Waals surface area contributed by atoms with E-state index in [1.54, 1.807) is 20.4 Å². The first kappa shape index (κ1) is 14.4. The Morgan fingerprint density at radius 2 is 2.10 bits per heavy atom. The van der Waals surface area contributed by atoms with E-state index in [1.165, 1.54) is 0 Å². The van der Waals surface area contributed by atoms with Gasteiger partial charge in [-0.1, -0.05) is 0 Å². The molecule has 2 aromatic rings. The number of aryl methyl sites for hydroxylation is 1. The number of ether oxygens (including phenoxy) is 2. The lowest BCUT2D eigenvalue weighted by atomic mass is 10.1. The van der Waals surface area contributed by atoms with E-state index in [0.29, 0.717) is 6.54 Å². The fourth-order valence-electron chi connectivity index (χ4n) is 2.10. The summed E-state index contributed by atoms with van der Waals surface area (Å²) in [5.41, 5.74) is 1.07. The second kappa shape index (κ2) is 6.43. The Labute approximate surface area is 119 Å². The van der Waals surface area contributed by atoms with Gasteiger partial charge >= 0.3 is 0 Å². The quantitative estimate of drug-likeness (QED) is 0.878. The zero-order chi connectivity index (χ0) is 14.5. The molecule has 1 unspecified atom stereocenters. The molecule has 5 nitrogen and oxygen atoms in total. The van der Waals surface area contributed by atoms with Gasteiger partial charge in [-0.3, -0.25) is 0 Å². The Bertz CT molecular complexity index is 566. The van der Waals surface area contributed by atoms with Gasteiger partial charge < -0.3 is 19.4 Å². The van der Waals surface area contributed by atoms with E-state index in [4.69, 9.17) is 9.47 Å². The normalized spacial score (nSPS) is 12.2. The van der Waals surface area contributed by atoms with Crippen LogP contribution in [-0.2, 0) is 13.6 Å². The molecule has 1 aromatic heterocycles. The molecule has 1 atom stereocenters. The van der Waals surface area contributed by atoms with Crippen LogP contribution in [0.1, 0.15) is 24.4 Å². The molecule has 0 spiro atoms. The van der Waals surface area contributed by atoms with Crippen molar-refractivity contribution in [3.63, 3.8) is 0 Å². The van der Waals surface area contributed by atoms with Crippen LogP contribution in [0.15, 0.2) is 30.6 Å². The maximum absolute atomic E-state index is 5.41. The topological polar surface area (TPSA) is 48.3 Å². The molecule has 0 saturated heterocycles. The summed E-state index contributed by atoms with van der Waals surface area (Å²) < 4.78 is 12.7. The summed E-state index contributed by atoms with van der Waals surface area (Å²) in [5.74, 6) is 2.68. The van der Waals surface area contributed by atoms with Crippen molar-refractivity contribution < 1.29 is 9.47 Å². The molecule has 0 aliphatic rings. The van der Waals surface area contributed by atoms with E-state index in [2.05, 4.69) is 17.2 Å². The minimum atomic E-state index is 0.136. The highest BCUT2D eigenvalue weighted by molar-refractivity contribution is 5.42. The predicted molar refractivity (Wildman–Crippen MR) is 78.0 cm³/mol. The van der Waals surface area contributed by atoms with Crippen LogP contribution in [0.4, 0.5) is 0 Å². The number of imidazole rings is 1. The number of aromatic nitrogens is 2. The smallest absolute Gasteiger partial charge is 0.123 e. The lowest BCUT2D eigenvalue weighted by Gasteiger charge is -2.18. The summed E-state index contributed by atoms with van der Waals surface area (Å²) in [5, 5.41) is 3.45. The Morgan fingerprint density at radius 1 is 1.30 bits per heavy atom. The maximum Gasteiger partial charge on any atom is 0.123 e. The second-order valence-electron chi connectivity index (χ2n) is 4.66. The third kappa shape index (κ3) is 3.11. The Hall–Kier alpha value is -2.01. The summed E-state index contributed by atoms with van der Waals surface area (Å²) in [7, 11) is 5.33. The van der Waals surface area contributed by atoms with Crippen molar-refractivity contribution in [2.75, 3.05) is 14.2 Å². The van der Waals surface area contributed by atoms with Crippen LogP contribution in [0.5, 0.6) is 11.5 Å². The first-order valence-electron chi connectivity index (χ1n) is 6.57. The first-order chi connectivity index (χ1) is 9.65. The fraction of sp³-hybridized carbons (Fsp3) is 0.400. The molecule has 1 heterocycles. The molecule has 0 aliphatic heterocycles. The van der Waals surface area contributed by atoms with Crippen LogP contribution in [0.3, 0.4) is 0 Å². The lowest BCUT2D eigenvalue weighted by Crippen LogP contribution is -2.20. The van der Waals surface area contributed by atoms with Gasteiger partial charge in [0.15, 0.2) is 0 Å². The molecule has 5 heteroatoms. The summed E-state index contributed by atoms with van der Waals surface area (Å²) in [6.07, 6.45) is 3.74. The Kier molecular flexibility index (Phi) is 4.63. The largest absolute Gasteiger partial charge is 0.497 e. The average Bonchev–Trinajstić information content (AvgIpc) is 2.89. The van der Waals surface area contributed by atoms with Gasteiger partial charge in [-0.15, -0.1) is 0 Å². The zero-order valence-electron chi connectivity index (χ0n) is 12.4. The van der Waals surface area contributed by atoms with Gasteiger partial charge in [-0.2, -0.15) is 0 Å². The molecule has 0 fully saturated rings. The van der Waals surface area contributed by atoms with Gasteiger partial charge in [0.25, 0.3) is 0 Å². The van der Waals surface area contributed by atoms with Crippen LogP contribution >= 0.6 is 0 Å². The van der Waals surface area contributed by atoms with Crippen LogP contribution in [-0.4, -0.2) is 23.8 Å².